The Labute approximate surface area is 169 Å². The summed E-state index contributed by atoms with van der Waals surface area (Å²) in [5.74, 6) is 0.227. The molecule has 2 atom stereocenters. The van der Waals surface area contributed by atoms with E-state index in [1.807, 2.05) is 16.6 Å². The monoisotopic (exact) mass is 386 g/mol. The first-order valence-corrected chi connectivity index (χ1v) is 10.1. The summed E-state index contributed by atoms with van der Waals surface area (Å²) in [5, 5.41) is 4.91. The number of aromatic nitrogens is 3. The zero-order valence-corrected chi connectivity index (χ0v) is 16.1. The third-order valence-electron chi connectivity index (χ3n) is 5.93. The summed E-state index contributed by atoms with van der Waals surface area (Å²) >= 11 is 0. The van der Waals surface area contributed by atoms with E-state index in [-0.39, 0.29) is 11.9 Å². The number of fused-ring (bicyclic) bond motifs is 1. The van der Waals surface area contributed by atoms with Crippen LogP contribution in [-0.4, -0.2) is 20.6 Å². The van der Waals surface area contributed by atoms with Gasteiger partial charge >= 0.3 is 0 Å². The molecule has 3 heterocycles. The predicted octanol–water partition coefficient (Wildman–Crippen LogP) is 5.19. The molecule has 4 nitrogen and oxygen atoms in total. The molecule has 5 rings (SSSR count). The third kappa shape index (κ3) is 3.42. The van der Waals surface area contributed by atoms with Gasteiger partial charge in [-0.2, -0.15) is 5.10 Å². The highest BCUT2D eigenvalue weighted by atomic mass is 19.1. The molecule has 0 aliphatic heterocycles. The van der Waals surface area contributed by atoms with Gasteiger partial charge in [0.25, 0.3) is 0 Å². The fourth-order valence-electron chi connectivity index (χ4n) is 4.45. The smallest absolute Gasteiger partial charge is 0.123 e. The lowest BCUT2D eigenvalue weighted by Gasteiger charge is -2.26. The molecule has 0 spiro atoms. The number of rotatable bonds is 3. The molecule has 4 aromatic rings. The maximum atomic E-state index is 13.5. The molecule has 1 fully saturated rings. The van der Waals surface area contributed by atoms with E-state index >= 15 is 0 Å². The van der Waals surface area contributed by atoms with Crippen LogP contribution in [0.5, 0.6) is 0 Å². The van der Waals surface area contributed by atoms with Crippen LogP contribution in [0.25, 0.3) is 27.9 Å². The van der Waals surface area contributed by atoms with Crippen molar-refractivity contribution >= 4 is 5.52 Å². The molecule has 0 unspecified atom stereocenters. The highest BCUT2D eigenvalue weighted by molar-refractivity contribution is 5.92. The third-order valence-corrected chi connectivity index (χ3v) is 5.93. The molecule has 1 aromatic carbocycles. The molecule has 0 bridgehead atoms. The standard InChI is InChI=1S/C24H23FN4/c25-20-7-4-17(5-8-20)24-23(16-10-12-27-13-11-16)22-9-6-19(15-29(22)28-24)18-2-1-3-21(26)14-18/h4-13,15,18,21H,1-3,14,26H2/t18-,21+/m0/s1. The molecule has 2 N–H and O–H groups in total. The van der Waals surface area contributed by atoms with E-state index in [9.17, 15) is 4.39 Å². The SMILES string of the molecule is N[C@@H]1CCC[C@H](c2ccc3c(-c4ccncc4)c(-c4ccc(F)cc4)nn3c2)C1. The van der Waals surface area contributed by atoms with Crippen LogP contribution in [0, 0.1) is 5.82 Å². The second-order valence-corrected chi connectivity index (χ2v) is 7.88. The van der Waals surface area contributed by atoms with Crippen molar-refractivity contribution in [3.63, 3.8) is 0 Å². The lowest BCUT2D eigenvalue weighted by atomic mass is 9.82. The minimum atomic E-state index is -0.251. The summed E-state index contributed by atoms with van der Waals surface area (Å²) in [6.07, 6.45) is 10.2. The largest absolute Gasteiger partial charge is 0.328 e. The van der Waals surface area contributed by atoms with E-state index in [4.69, 9.17) is 10.8 Å². The maximum absolute atomic E-state index is 13.5. The van der Waals surface area contributed by atoms with E-state index in [2.05, 4.69) is 23.3 Å². The Balaban J connectivity index is 1.67. The van der Waals surface area contributed by atoms with Gasteiger partial charge in [-0.1, -0.05) is 12.5 Å². The van der Waals surface area contributed by atoms with Crippen LogP contribution in [0.3, 0.4) is 0 Å². The van der Waals surface area contributed by atoms with Crippen LogP contribution in [0.1, 0.15) is 37.2 Å². The van der Waals surface area contributed by atoms with Crippen LogP contribution in [-0.2, 0) is 0 Å². The van der Waals surface area contributed by atoms with E-state index < -0.39 is 0 Å². The van der Waals surface area contributed by atoms with Crippen LogP contribution >= 0.6 is 0 Å². The Bertz CT molecular complexity index is 1130. The van der Waals surface area contributed by atoms with Crippen molar-refractivity contribution in [1.29, 1.82) is 0 Å². The number of nitrogens with two attached hydrogens (primary N) is 1. The van der Waals surface area contributed by atoms with Crippen molar-refractivity contribution in [3.05, 3.63) is 78.5 Å². The Morgan fingerprint density at radius 3 is 2.48 bits per heavy atom. The van der Waals surface area contributed by atoms with Crippen molar-refractivity contribution in [3.8, 4) is 22.4 Å². The van der Waals surface area contributed by atoms with E-state index in [0.29, 0.717) is 5.92 Å². The van der Waals surface area contributed by atoms with Gasteiger partial charge in [0.05, 0.1) is 5.52 Å². The van der Waals surface area contributed by atoms with Gasteiger partial charge in [-0.05, 0) is 78.8 Å². The molecule has 29 heavy (non-hydrogen) atoms. The first-order chi connectivity index (χ1) is 14.2. The second kappa shape index (κ2) is 7.41. The van der Waals surface area contributed by atoms with Gasteiger partial charge in [-0.3, -0.25) is 4.98 Å². The summed E-state index contributed by atoms with van der Waals surface area (Å²) in [5.41, 5.74) is 12.3. The fourth-order valence-corrected chi connectivity index (χ4v) is 4.45. The lowest BCUT2D eigenvalue weighted by Crippen LogP contribution is -2.26. The number of pyridine rings is 2. The van der Waals surface area contributed by atoms with Gasteiger partial charge in [-0.15, -0.1) is 0 Å². The fraction of sp³-hybridized carbons (Fsp3) is 0.250. The zero-order valence-electron chi connectivity index (χ0n) is 16.1. The lowest BCUT2D eigenvalue weighted by molar-refractivity contribution is 0.392. The van der Waals surface area contributed by atoms with Crippen molar-refractivity contribution in [2.45, 2.75) is 37.6 Å². The van der Waals surface area contributed by atoms with Crippen molar-refractivity contribution in [2.75, 3.05) is 0 Å². The molecule has 5 heteroatoms. The molecular formula is C24H23FN4. The number of halogens is 1. The Morgan fingerprint density at radius 2 is 1.72 bits per heavy atom. The molecule has 1 aliphatic carbocycles. The first kappa shape index (κ1) is 18.0. The Morgan fingerprint density at radius 1 is 0.931 bits per heavy atom. The maximum Gasteiger partial charge on any atom is 0.123 e. The summed E-state index contributed by atoms with van der Waals surface area (Å²) in [6, 6.07) is 15.1. The number of nitrogens with zero attached hydrogens (tertiary/aromatic N) is 3. The topological polar surface area (TPSA) is 56.2 Å². The van der Waals surface area contributed by atoms with Crippen molar-refractivity contribution < 1.29 is 4.39 Å². The van der Waals surface area contributed by atoms with Crippen LogP contribution in [0.2, 0.25) is 0 Å². The van der Waals surface area contributed by atoms with Gasteiger partial charge in [0, 0.05) is 35.8 Å². The number of hydrogen-bond donors (Lipinski definition) is 1. The molecule has 1 saturated carbocycles. The molecular weight excluding hydrogens is 363 g/mol. The zero-order chi connectivity index (χ0) is 19.8. The van der Waals surface area contributed by atoms with Crippen molar-refractivity contribution in [2.24, 2.45) is 5.73 Å². The average Bonchev–Trinajstić information content (AvgIpc) is 3.13. The molecule has 146 valence electrons. The molecule has 1 aliphatic rings. The second-order valence-electron chi connectivity index (χ2n) is 7.88. The normalized spacial score (nSPS) is 19.5. The van der Waals surface area contributed by atoms with Gasteiger partial charge in [0.2, 0.25) is 0 Å². The van der Waals surface area contributed by atoms with Gasteiger partial charge in [-0.25, -0.2) is 8.91 Å². The van der Waals surface area contributed by atoms with E-state index in [0.717, 1.165) is 40.7 Å². The quantitative estimate of drug-likeness (QED) is 0.527. The highest BCUT2D eigenvalue weighted by Gasteiger charge is 2.22. The van der Waals surface area contributed by atoms with Gasteiger partial charge < -0.3 is 5.73 Å². The van der Waals surface area contributed by atoms with Crippen LogP contribution < -0.4 is 5.73 Å². The van der Waals surface area contributed by atoms with Gasteiger partial charge in [0.1, 0.15) is 11.5 Å². The minimum Gasteiger partial charge on any atom is -0.328 e. The van der Waals surface area contributed by atoms with Crippen molar-refractivity contribution in [1.82, 2.24) is 14.6 Å². The van der Waals surface area contributed by atoms with E-state index in [1.54, 1.807) is 24.5 Å². The Kier molecular flexibility index (Phi) is 4.60. The van der Waals surface area contributed by atoms with Crippen LogP contribution in [0.15, 0.2) is 67.1 Å². The summed E-state index contributed by atoms with van der Waals surface area (Å²) in [4.78, 5) is 4.14. The number of benzene rings is 1. The predicted molar refractivity (Wildman–Crippen MR) is 113 cm³/mol. The molecule has 3 aromatic heterocycles. The first-order valence-electron chi connectivity index (χ1n) is 10.1. The number of hydrogen-bond acceptors (Lipinski definition) is 3. The molecule has 0 saturated heterocycles. The average molecular weight is 386 g/mol. The summed E-state index contributed by atoms with van der Waals surface area (Å²) in [6.45, 7) is 0. The Hall–Kier alpha value is -3.05. The highest BCUT2D eigenvalue weighted by Crippen LogP contribution is 2.37. The minimum absolute atomic E-state index is 0.251. The van der Waals surface area contributed by atoms with E-state index in [1.165, 1.54) is 30.5 Å². The van der Waals surface area contributed by atoms with Crippen LogP contribution in [0.4, 0.5) is 4.39 Å². The summed E-state index contributed by atoms with van der Waals surface area (Å²) < 4.78 is 15.4. The molecule has 0 amide bonds. The molecule has 0 radical (unpaired) electrons. The summed E-state index contributed by atoms with van der Waals surface area (Å²) in [7, 11) is 0. The van der Waals surface area contributed by atoms with Gasteiger partial charge in [0.15, 0.2) is 0 Å².